The molecule has 0 aromatic carbocycles. The number of carbonyl (C=O) groups excluding carboxylic acids is 1. The van der Waals surface area contributed by atoms with Gasteiger partial charge >= 0.3 is 0 Å². The fraction of sp³-hybridized carbons (Fsp3) is 0.779. The Labute approximate surface area is 577 Å². The molecule has 3 aliphatic heterocycles. The van der Waals surface area contributed by atoms with E-state index >= 15 is 0 Å². The van der Waals surface area contributed by atoms with Crippen LogP contribution in [0.5, 0.6) is 0 Å². The number of nitrogens with one attached hydrogen (secondary N) is 1. The van der Waals surface area contributed by atoms with Crippen LogP contribution in [0.3, 0.4) is 0 Å². The Bertz CT molecular complexity index is 2110. The maximum absolute atomic E-state index is 13.4. The van der Waals surface area contributed by atoms with E-state index in [-0.39, 0.29) is 18.9 Å². The highest BCUT2D eigenvalue weighted by atomic mass is 16.8. The molecule has 17 unspecified atom stereocenters. The lowest BCUT2D eigenvalue weighted by Crippen LogP contribution is -2.66. The third-order valence-corrected chi connectivity index (χ3v) is 18.1. The number of carbonyl (C=O) groups is 1. The van der Waals surface area contributed by atoms with Crippen LogP contribution in [-0.2, 0) is 33.2 Å². The Morgan fingerprint density at radius 2 is 0.729 bits per heavy atom. The van der Waals surface area contributed by atoms with Gasteiger partial charge in [0.05, 0.1) is 38.6 Å². The van der Waals surface area contributed by atoms with Gasteiger partial charge in [0.15, 0.2) is 18.9 Å². The first-order valence-electron chi connectivity index (χ1n) is 37.5. The summed E-state index contributed by atoms with van der Waals surface area (Å²) in [6.07, 6.45) is 49.7. The van der Waals surface area contributed by atoms with Gasteiger partial charge in [-0.05, 0) is 89.9 Å². The van der Waals surface area contributed by atoms with Gasteiger partial charge in [0.1, 0.15) is 73.2 Å². The van der Waals surface area contributed by atoms with E-state index in [1.807, 2.05) is 6.08 Å². The summed E-state index contributed by atoms with van der Waals surface area (Å²) in [4.78, 5) is 13.4. The second-order valence-corrected chi connectivity index (χ2v) is 26.4. The summed E-state index contributed by atoms with van der Waals surface area (Å²) in [5, 5.41) is 121. The van der Waals surface area contributed by atoms with Gasteiger partial charge in [-0.1, -0.05) is 252 Å². The molecular formula is C77H133NO18. The number of aliphatic hydroxyl groups excluding tert-OH is 11. The van der Waals surface area contributed by atoms with Crippen LogP contribution >= 0.6 is 0 Å². The van der Waals surface area contributed by atoms with Crippen molar-refractivity contribution >= 4 is 5.91 Å². The monoisotopic (exact) mass is 1360 g/mol. The largest absolute Gasteiger partial charge is 0.394 e. The van der Waals surface area contributed by atoms with Crippen LogP contribution in [0, 0.1) is 0 Å². The Kier molecular flexibility index (Phi) is 51.9. The van der Waals surface area contributed by atoms with Crippen LogP contribution in [-0.4, -0.2) is 193 Å². The predicted octanol–water partition coefficient (Wildman–Crippen LogP) is 11.2. The Balaban J connectivity index is 1.43. The summed E-state index contributed by atoms with van der Waals surface area (Å²) < 4.78 is 34.3. The zero-order valence-electron chi connectivity index (χ0n) is 58.8. The van der Waals surface area contributed by atoms with Crippen molar-refractivity contribution in [2.75, 3.05) is 26.4 Å². The molecule has 96 heavy (non-hydrogen) atoms. The first-order chi connectivity index (χ1) is 46.8. The Morgan fingerprint density at radius 1 is 0.385 bits per heavy atom. The predicted molar refractivity (Wildman–Crippen MR) is 378 cm³/mol. The number of ether oxygens (including phenoxy) is 6. The molecule has 3 aliphatic rings. The maximum Gasteiger partial charge on any atom is 0.220 e. The molecule has 0 radical (unpaired) electrons. The minimum Gasteiger partial charge on any atom is -0.394 e. The first-order valence-corrected chi connectivity index (χ1v) is 37.5. The number of aliphatic hydroxyl groups is 11. The highest BCUT2D eigenvalue weighted by molar-refractivity contribution is 5.76. The number of allylic oxidation sites excluding steroid dienone is 15. The third kappa shape index (κ3) is 37.9. The van der Waals surface area contributed by atoms with Gasteiger partial charge in [0, 0.05) is 6.42 Å². The van der Waals surface area contributed by atoms with E-state index in [9.17, 15) is 61.0 Å². The summed E-state index contributed by atoms with van der Waals surface area (Å²) in [5.41, 5.74) is 0. The van der Waals surface area contributed by atoms with Gasteiger partial charge < -0.3 is 89.9 Å². The number of hydrogen-bond acceptors (Lipinski definition) is 18. The topological polar surface area (TPSA) is 307 Å². The molecule has 19 nitrogen and oxygen atoms in total. The summed E-state index contributed by atoms with van der Waals surface area (Å²) in [5.74, 6) is -0.311. The number of hydrogen-bond donors (Lipinski definition) is 12. The van der Waals surface area contributed by atoms with Crippen molar-refractivity contribution in [2.45, 2.75) is 356 Å². The van der Waals surface area contributed by atoms with Gasteiger partial charge in [0.2, 0.25) is 5.91 Å². The van der Waals surface area contributed by atoms with E-state index in [1.54, 1.807) is 6.08 Å². The molecule has 3 heterocycles. The maximum atomic E-state index is 13.4. The van der Waals surface area contributed by atoms with Crippen molar-refractivity contribution in [1.82, 2.24) is 5.32 Å². The molecule has 0 spiro atoms. The van der Waals surface area contributed by atoms with E-state index in [4.69, 9.17) is 28.4 Å². The molecule has 12 N–H and O–H groups in total. The lowest BCUT2D eigenvalue weighted by Gasteiger charge is -2.48. The van der Waals surface area contributed by atoms with Gasteiger partial charge in [-0.25, -0.2) is 0 Å². The van der Waals surface area contributed by atoms with Gasteiger partial charge in [-0.15, -0.1) is 0 Å². The summed E-state index contributed by atoms with van der Waals surface area (Å²) >= 11 is 0. The van der Waals surface area contributed by atoms with Crippen LogP contribution in [0.4, 0.5) is 0 Å². The van der Waals surface area contributed by atoms with Crippen LogP contribution in [0.1, 0.15) is 251 Å². The lowest BCUT2D eigenvalue weighted by molar-refractivity contribution is -0.379. The van der Waals surface area contributed by atoms with Gasteiger partial charge in [0.25, 0.3) is 0 Å². The highest BCUT2D eigenvalue weighted by Crippen LogP contribution is 2.33. The van der Waals surface area contributed by atoms with Crippen LogP contribution < -0.4 is 5.32 Å². The fourth-order valence-corrected chi connectivity index (χ4v) is 12.1. The van der Waals surface area contributed by atoms with Crippen LogP contribution in [0.2, 0.25) is 0 Å². The highest BCUT2D eigenvalue weighted by Gasteiger charge is 2.53. The Hall–Kier alpha value is -3.29. The lowest BCUT2D eigenvalue weighted by atomic mass is 9.96. The van der Waals surface area contributed by atoms with Gasteiger partial charge in [-0.3, -0.25) is 4.79 Å². The molecule has 3 fully saturated rings. The minimum absolute atomic E-state index is 0.204. The third-order valence-electron chi connectivity index (χ3n) is 18.1. The van der Waals surface area contributed by atoms with Gasteiger partial charge in [-0.2, -0.15) is 0 Å². The molecule has 0 aliphatic carbocycles. The number of unbranched alkanes of at least 4 members (excludes halogenated alkanes) is 27. The van der Waals surface area contributed by atoms with Crippen molar-refractivity contribution in [1.29, 1.82) is 0 Å². The SMILES string of the molecule is CC/C=C\C/C=C\C/C=C\C/C=C\C/C=C\CCCCCCCC(=O)NC(COC1OC(CO)C(OC2OC(CO)C(OC3OC(CO)C(O)C(O)C3O)C(O)C2O)C(O)C1O)C(O)/C=C/CC/C=C/CC/C=C/CCCCCCCCCCCCCCCCCCCCCC. The van der Waals surface area contributed by atoms with Crippen molar-refractivity contribution < 1.29 is 89.4 Å². The molecule has 0 saturated carbocycles. The molecule has 0 bridgehead atoms. The van der Waals surface area contributed by atoms with Crippen molar-refractivity contribution in [2.24, 2.45) is 0 Å². The van der Waals surface area contributed by atoms with E-state index in [0.29, 0.717) is 12.8 Å². The fourth-order valence-electron chi connectivity index (χ4n) is 12.1. The first kappa shape index (κ1) is 86.9. The van der Waals surface area contributed by atoms with E-state index < -0.39 is 124 Å². The second-order valence-electron chi connectivity index (χ2n) is 26.4. The summed E-state index contributed by atoms with van der Waals surface area (Å²) in [6, 6.07) is -1.02. The van der Waals surface area contributed by atoms with E-state index in [0.717, 1.165) is 89.9 Å². The average Bonchev–Trinajstić information content (AvgIpc) is 0.785. The summed E-state index contributed by atoms with van der Waals surface area (Å²) in [6.45, 7) is 1.59. The molecular weight excluding hydrogens is 1230 g/mol. The molecule has 554 valence electrons. The van der Waals surface area contributed by atoms with Crippen LogP contribution in [0.25, 0.3) is 0 Å². The molecule has 0 aromatic heterocycles. The Morgan fingerprint density at radius 3 is 1.17 bits per heavy atom. The number of rotatable bonds is 57. The average molecular weight is 1360 g/mol. The van der Waals surface area contributed by atoms with Crippen LogP contribution in [0.15, 0.2) is 97.2 Å². The standard InChI is InChI=1S/C77H133NO18/c1-3-5-7-9-11-13-15-17-19-21-23-25-26-27-28-29-30-31-32-33-35-36-38-40-42-44-46-48-50-52-54-61(82)60(78-65(83)55-53-51-49-47-45-43-41-39-37-34-24-22-20-18-16-14-12-10-8-6-4-2)59-91-75-71(89)68(86)73(63(57-80)93-75)96-77-72(90)69(87)74(64(58-81)94-77)95-76-70(88)67(85)66(84)62(56-79)92-76/h6,8,12,14,18,20,24,34,36,38-39,41,44,46,52,54,60-64,66-77,79-82,84-90H,3-5,7,9-11,13,15-17,19,21-23,25-33,35,37,40,42-43,45,47-51,53,55-59H2,1-2H3,(H,78,83)/b8-6-,14-12-,20-18-,34-24-,38-36+,41-39-,46-44+,54-52+. The summed E-state index contributed by atoms with van der Waals surface area (Å²) in [7, 11) is 0. The normalized spacial score (nSPS) is 27.6. The van der Waals surface area contributed by atoms with E-state index in [1.165, 1.54) is 128 Å². The van der Waals surface area contributed by atoms with E-state index in [2.05, 4.69) is 104 Å². The zero-order chi connectivity index (χ0) is 69.6. The quantitative estimate of drug-likeness (QED) is 0.0199. The second kappa shape index (κ2) is 57.3. The molecule has 3 saturated heterocycles. The molecule has 17 atom stereocenters. The zero-order valence-corrected chi connectivity index (χ0v) is 58.8. The van der Waals surface area contributed by atoms with Crippen molar-refractivity contribution in [3.05, 3.63) is 97.2 Å². The van der Waals surface area contributed by atoms with Crippen molar-refractivity contribution in [3.63, 3.8) is 0 Å². The molecule has 3 rings (SSSR count). The molecule has 0 aromatic rings. The van der Waals surface area contributed by atoms with Crippen molar-refractivity contribution in [3.8, 4) is 0 Å². The molecule has 1 amide bonds. The number of amides is 1. The smallest absolute Gasteiger partial charge is 0.220 e. The minimum atomic E-state index is -1.99. The molecule has 19 heteroatoms.